The van der Waals surface area contributed by atoms with Gasteiger partial charge in [-0.3, -0.25) is 14.5 Å². The Morgan fingerprint density at radius 1 is 1.13 bits per heavy atom. The Balaban J connectivity index is 1.32. The van der Waals surface area contributed by atoms with Crippen molar-refractivity contribution in [3.05, 3.63) is 58.1 Å². The highest BCUT2D eigenvalue weighted by atomic mass is 16.5. The van der Waals surface area contributed by atoms with E-state index in [1.165, 1.54) is 5.56 Å². The van der Waals surface area contributed by atoms with E-state index < -0.39 is 0 Å². The molecule has 5 rings (SSSR count). The third kappa shape index (κ3) is 3.52. The van der Waals surface area contributed by atoms with Crippen molar-refractivity contribution in [2.75, 3.05) is 25.0 Å². The monoisotopic (exact) mass is 404 g/mol. The molecule has 2 aromatic rings. The Morgan fingerprint density at radius 3 is 2.90 bits per heavy atom. The van der Waals surface area contributed by atoms with Gasteiger partial charge in [-0.1, -0.05) is 19.1 Å². The Hall–Kier alpha value is -2.66. The number of anilines is 1. The van der Waals surface area contributed by atoms with Crippen molar-refractivity contribution >= 4 is 17.4 Å². The van der Waals surface area contributed by atoms with E-state index in [1.54, 1.807) is 0 Å². The molecule has 1 atom stereocenters. The zero-order valence-corrected chi connectivity index (χ0v) is 17.5. The van der Waals surface area contributed by atoms with Gasteiger partial charge in [-0.15, -0.1) is 0 Å². The van der Waals surface area contributed by atoms with E-state index in [0.29, 0.717) is 25.5 Å². The van der Waals surface area contributed by atoms with Crippen molar-refractivity contribution in [1.29, 1.82) is 0 Å². The van der Waals surface area contributed by atoms with Crippen LogP contribution in [-0.2, 0) is 30.5 Å². The fourth-order valence-corrected chi connectivity index (χ4v) is 5.12. The summed E-state index contributed by atoms with van der Waals surface area (Å²) >= 11 is 0. The van der Waals surface area contributed by atoms with Crippen molar-refractivity contribution in [1.82, 2.24) is 4.90 Å². The normalized spacial score (nSPS) is 19.3. The highest BCUT2D eigenvalue weighted by molar-refractivity contribution is 6.01. The highest BCUT2D eigenvalue weighted by Gasteiger charge is 2.29. The zero-order valence-electron chi connectivity index (χ0n) is 17.5. The van der Waals surface area contributed by atoms with E-state index in [0.717, 1.165) is 72.5 Å². The van der Waals surface area contributed by atoms with Crippen LogP contribution in [0, 0.1) is 0 Å². The molecule has 30 heavy (non-hydrogen) atoms. The van der Waals surface area contributed by atoms with Gasteiger partial charge >= 0.3 is 0 Å². The first-order chi connectivity index (χ1) is 14.6. The molecule has 2 heterocycles. The fraction of sp³-hybridized carbons (Fsp3) is 0.440. The molecule has 2 aliphatic heterocycles. The number of carbonyl (C=O) groups excluding carboxylic acids is 2. The molecule has 2 aromatic carbocycles. The summed E-state index contributed by atoms with van der Waals surface area (Å²) < 4.78 is 6.16. The van der Waals surface area contributed by atoms with Crippen LogP contribution in [0.15, 0.2) is 30.3 Å². The largest absolute Gasteiger partial charge is 0.492 e. The SMILES string of the molecule is CCCN(CCc1cccc2c1CC(=O)N2)C1COc2cc3c(cc2C1)C(=O)CC3. The number of carbonyl (C=O) groups is 2. The number of ketones is 1. The summed E-state index contributed by atoms with van der Waals surface area (Å²) in [6, 6.07) is 10.6. The van der Waals surface area contributed by atoms with Crippen molar-refractivity contribution in [2.24, 2.45) is 0 Å². The molecule has 0 aromatic heterocycles. The van der Waals surface area contributed by atoms with Gasteiger partial charge in [-0.05, 0) is 72.7 Å². The van der Waals surface area contributed by atoms with Crippen LogP contribution in [0.1, 0.15) is 52.4 Å². The lowest BCUT2D eigenvalue weighted by Gasteiger charge is -2.35. The van der Waals surface area contributed by atoms with Crippen LogP contribution in [0.4, 0.5) is 5.69 Å². The summed E-state index contributed by atoms with van der Waals surface area (Å²) in [5, 5.41) is 2.95. The Morgan fingerprint density at radius 2 is 2.03 bits per heavy atom. The van der Waals surface area contributed by atoms with E-state index in [4.69, 9.17) is 4.74 Å². The number of Topliss-reactive ketones (excluding diaryl/α,β-unsaturated/α-hetero) is 1. The highest BCUT2D eigenvalue weighted by Crippen LogP contribution is 2.34. The Labute approximate surface area is 177 Å². The predicted molar refractivity (Wildman–Crippen MR) is 116 cm³/mol. The number of fused-ring (bicyclic) bond motifs is 3. The molecule has 0 saturated carbocycles. The topological polar surface area (TPSA) is 58.6 Å². The van der Waals surface area contributed by atoms with Gasteiger partial charge < -0.3 is 10.1 Å². The number of nitrogens with one attached hydrogen (secondary N) is 1. The molecule has 1 aliphatic carbocycles. The number of hydrogen-bond donors (Lipinski definition) is 1. The maximum absolute atomic E-state index is 12.2. The average molecular weight is 405 g/mol. The van der Waals surface area contributed by atoms with Crippen LogP contribution in [-0.4, -0.2) is 42.3 Å². The van der Waals surface area contributed by atoms with Gasteiger partial charge in [0.15, 0.2) is 5.78 Å². The standard InChI is InChI=1S/C25H28N2O3/c1-2-9-27(10-8-16-4-3-5-22-20(16)14-25(29)26-22)19-11-18-12-21-17(6-7-23(21)28)13-24(18)30-15-19/h3-5,12-13,19H,2,6-11,14-15H2,1H3,(H,26,29). The second-order valence-corrected chi connectivity index (χ2v) is 8.66. The first-order valence-electron chi connectivity index (χ1n) is 11.1. The lowest BCUT2D eigenvalue weighted by molar-refractivity contribution is -0.115. The van der Waals surface area contributed by atoms with Crippen LogP contribution in [0.3, 0.4) is 0 Å². The van der Waals surface area contributed by atoms with E-state index in [-0.39, 0.29) is 11.7 Å². The fourth-order valence-electron chi connectivity index (χ4n) is 5.12. The van der Waals surface area contributed by atoms with E-state index in [1.807, 2.05) is 12.1 Å². The minimum atomic E-state index is 0.0854. The molecule has 1 N–H and O–H groups in total. The summed E-state index contributed by atoms with van der Waals surface area (Å²) in [4.78, 5) is 26.5. The van der Waals surface area contributed by atoms with Crippen LogP contribution in [0.5, 0.6) is 5.75 Å². The molecule has 0 spiro atoms. The van der Waals surface area contributed by atoms with Gasteiger partial charge in [0, 0.05) is 30.3 Å². The van der Waals surface area contributed by atoms with E-state index >= 15 is 0 Å². The lowest BCUT2D eigenvalue weighted by Crippen LogP contribution is -2.44. The third-order valence-electron chi connectivity index (χ3n) is 6.67. The number of amides is 1. The van der Waals surface area contributed by atoms with Crippen molar-refractivity contribution in [2.45, 2.75) is 51.5 Å². The smallest absolute Gasteiger partial charge is 0.228 e. The van der Waals surface area contributed by atoms with Gasteiger partial charge in [0.25, 0.3) is 0 Å². The second kappa shape index (κ2) is 7.88. The number of ether oxygens (including phenoxy) is 1. The number of hydrogen-bond acceptors (Lipinski definition) is 4. The van der Waals surface area contributed by atoms with Gasteiger partial charge in [0.2, 0.25) is 5.91 Å². The molecule has 1 amide bonds. The Bertz CT molecular complexity index is 1010. The van der Waals surface area contributed by atoms with Crippen molar-refractivity contribution in [3.63, 3.8) is 0 Å². The molecular formula is C25H28N2O3. The average Bonchev–Trinajstić information content (AvgIpc) is 3.31. The molecule has 1 unspecified atom stereocenters. The zero-order chi connectivity index (χ0) is 20.7. The molecule has 156 valence electrons. The number of benzene rings is 2. The summed E-state index contributed by atoms with van der Waals surface area (Å²) in [6.07, 6.45) is 4.88. The lowest BCUT2D eigenvalue weighted by atomic mass is 9.96. The van der Waals surface area contributed by atoms with Crippen LogP contribution >= 0.6 is 0 Å². The first-order valence-corrected chi connectivity index (χ1v) is 11.1. The first kappa shape index (κ1) is 19.3. The minimum absolute atomic E-state index is 0.0854. The minimum Gasteiger partial charge on any atom is -0.492 e. The maximum Gasteiger partial charge on any atom is 0.228 e. The van der Waals surface area contributed by atoms with Crippen molar-refractivity contribution < 1.29 is 14.3 Å². The summed E-state index contributed by atoms with van der Waals surface area (Å²) in [6.45, 7) is 4.84. The van der Waals surface area contributed by atoms with Crippen molar-refractivity contribution in [3.8, 4) is 5.75 Å². The summed E-state index contributed by atoms with van der Waals surface area (Å²) in [7, 11) is 0. The molecule has 0 radical (unpaired) electrons. The molecule has 5 heteroatoms. The quantitative estimate of drug-likeness (QED) is 0.800. The maximum atomic E-state index is 12.2. The summed E-state index contributed by atoms with van der Waals surface area (Å²) in [5.74, 6) is 1.31. The molecule has 3 aliphatic rings. The molecule has 0 fully saturated rings. The van der Waals surface area contributed by atoms with Gasteiger partial charge in [-0.25, -0.2) is 0 Å². The molecule has 5 nitrogen and oxygen atoms in total. The molecule has 0 saturated heterocycles. The van der Waals surface area contributed by atoms with Crippen LogP contribution in [0.25, 0.3) is 0 Å². The van der Waals surface area contributed by atoms with Crippen LogP contribution in [0.2, 0.25) is 0 Å². The Kier molecular flexibility index (Phi) is 5.07. The predicted octanol–water partition coefficient (Wildman–Crippen LogP) is 3.57. The van der Waals surface area contributed by atoms with Gasteiger partial charge in [-0.2, -0.15) is 0 Å². The van der Waals surface area contributed by atoms with E-state index in [2.05, 4.69) is 35.3 Å². The molecule has 0 bridgehead atoms. The second-order valence-electron chi connectivity index (χ2n) is 8.66. The molecular weight excluding hydrogens is 376 g/mol. The number of rotatable bonds is 6. The third-order valence-corrected chi connectivity index (χ3v) is 6.67. The number of nitrogens with zero attached hydrogens (tertiary/aromatic N) is 1. The van der Waals surface area contributed by atoms with Crippen LogP contribution < -0.4 is 10.1 Å². The van der Waals surface area contributed by atoms with Gasteiger partial charge in [0.1, 0.15) is 12.4 Å². The number of aryl methyl sites for hydroxylation is 1. The summed E-state index contributed by atoms with van der Waals surface area (Å²) in [5.41, 5.74) is 6.58. The van der Waals surface area contributed by atoms with Gasteiger partial charge in [0.05, 0.1) is 6.42 Å². The van der Waals surface area contributed by atoms with E-state index in [9.17, 15) is 9.59 Å².